The molecule has 1 saturated heterocycles. The molecule has 0 unspecified atom stereocenters. The quantitative estimate of drug-likeness (QED) is 0.748. The summed E-state index contributed by atoms with van der Waals surface area (Å²) in [7, 11) is 1.42. The molecule has 8 heteroatoms. The van der Waals surface area contributed by atoms with E-state index in [0.717, 1.165) is 4.90 Å². The molecular weight excluding hydrogens is 317 g/mol. The lowest BCUT2D eigenvalue weighted by molar-refractivity contribution is -0.135. The molecular formula is C16H20FN3O4. The van der Waals surface area contributed by atoms with Crippen LogP contribution in [0.1, 0.15) is 18.1 Å². The summed E-state index contributed by atoms with van der Waals surface area (Å²) < 4.78 is 18.4. The lowest BCUT2D eigenvalue weighted by atomic mass is 10.0. The van der Waals surface area contributed by atoms with Crippen molar-refractivity contribution in [2.75, 3.05) is 20.3 Å². The van der Waals surface area contributed by atoms with Crippen LogP contribution >= 0.6 is 0 Å². The van der Waals surface area contributed by atoms with Gasteiger partial charge in [0.1, 0.15) is 17.9 Å². The van der Waals surface area contributed by atoms with Crippen LogP contribution in [0.4, 0.5) is 9.18 Å². The molecule has 0 aromatic heterocycles. The summed E-state index contributed by atoms with van der Waals surface area (Å²) >= 11 is 0. The third-order valence-electron chi connectivity index (χ3n) is 3.81. The van der Waals surface area contributed by atoms with Gasteiger partial charge in [-0.25, -0.2) is 9.18 Å². The highest BCUT2D eigenvalue weighted by atomic mass is 19.1. The highest BCUT2D eigenvalue weighted by Gasteiger charge is 2.48. The van der Waals surface area contributed by atoms with Gasteiger partial charge in [0.25, 0.3) is 5.91 Å². The van der Waals surface area contributed by atoms with E-state index in [1.165, 1.54) is 20.1 Å². The van der Waals surface area contributed by atoms with Crippen molar-refractivity contribution in [3.8, 4) is 0 Å². The molecule has 2 rings (SSSR count). The molecule has 0 spiro atoms. The second kappa shape index (κ2) is 6.96. The Morgan fingerprint density at radius 1 is 1.42 bits per heavy atom. The van der Waals surface area contributed by atoms with E-state index < -0.39 is 29.9 Å². The van der Waals surface area contributed by atoms with E-state index in [-0.39, 0.29) is 19.0 Å². The minimum atomic E-state index is -1.17. The van der Waals surface area contributed by atoms with Crippen LogP contribution in [0.15, 0.2) is 18.2 Å². The summed E-state index contributed by atoms with van der Waals surface area (Å²) in [5.41, 5.74) is -0.0682. The van der Waals surface area contributed by atoms with Gasteiger partial charge in [0.05, 0.1) is 6.61 Å². The van der Waals surface area contributed by atoms with E-state index in [9.17, 15) is 18.8 Å². The Morgan fingerprint density at radius 2 is 2.12 bits per heavy atom. The molecule has 1 atom stereocenters. The van der Waals surface area contributed by atoms with Crippen molar-refractivity contribution in [3.63, 3.8) is 0 Å². The van der Waals surface area contributed by atoms with Gasteiger partial charge >= 0.3 is 6.03 Å². The number of imide groups is 1. The van der Waals surface area contributed by atoms with Crippen LogP contribution in [0.2, 0.25) is 0 Å². The first kappa shape index (κ1) is 17.9. The van der Waals surface area contributed by atoms with E-state index in [1.54, 1.807) is 19.1 Å². The fourth-order valence-corrected chi connectivity index (χ4v) is 2.42. The minimum absolute atomic E-state index is 0.0122. The van der Waals surface area contributed by atoms with Gasteiger partial charge < -0.3 is 15.4 Å². The number of nitrogens with zero attached hydrogens (tertiary/aromatic N) is 1. The Hall–Kier alpha value is -2.48. The van der Waals surface area contributed by atoms with E-state index >= 15 is 0 Å². The molecule has 0 saturated carbocycles. The molecule has 7 nitrogen and oxygen atoms in total. The maximum Gasteiger partial charge on any atom is 0.325 e. The number of aryl methyl sites for hydroxylation is 1. The molecule has 2 N–H and O–H groups in total. The SMILES string of the molecule is COC[C@]1(C)NC(=O)N(CC(=O)NCc2ccc(C)c(F)c2)C1=O. The standard InChI is InChI=1S/C16H20FN3O4/c1-10-4-5-11(6-12(10)17)7-18-13(21)8-20-14(22)16(2,9-24-3)19-15(20)23/h4-6H,7-9H2,1-3H3,(H,18,21)(H,19,23)/t16-/m0/s1. The summed E-state index contributed by atoms with van der Waals surface area (Å²) in [6, 6.07) is 4.00. The van der Waals surface area contributed by atoms with Crippen molar-refractivity contribution in [3.05, 3.63) is 35.1 Å². The number of carbonyl (C=O) groups is 3. The smallest absolute Gasteiger partial charge is 0.325 e. The Balaban J connectivity index is 1.93. The van der Waals surface area contributed by atoms with Crippen molar-refractivity contribution in [1.29, 1.82) is 0 Å². The van der Waals surface area contributed by atoms with Crippen LogP contribution in [-0.4, -0.2) is 48.5 Å². The Bertz CT molecular complexity index is 679. The van der Waals surface area contributed by atoms with Gasteiger partial charge in [-0.3, -0.25) is 14.5 Å². The van der Waals surface area contributed by atoms with E-state index in [2.05, 4.69) is 10.6 Å². The highest BCUT2D eigenvalue weighted by Crippen LogP contribution is 2.17. The van der Waals surface area contributed by atoms with E-state index in [1.807, 2.05) is 0 Å². The Morgan fingerprint density at radius 3 is 2.75 bits per heavy atom. The first-order valence-corrected chi connectivity index (χ1v) is 7.41. The van der Waals surface area contributed by atoms with Crippen LogP contribution in [0.3, 0.4) is 0 Å². The molecule has 0 aliphatic carbocycles. The Kier molecular flexibility index (Phi) is 5.18. The molecule has 4 amide bonds. The number of rotatable bonds is 6. The number of amides is 4. The number of ether oxygens (including phenoxy) is 1. The average Bonchev–Trinajstić information content (AvgIpc) is 2.72. The molecule has 1 aromatic rings. The topological polar surface area (TPSA) is 87.7 Å². The van der Waals surface area contributed by atoms with Crippen molar-refractivity contribution >= 4 is 17.8 Å². The molecule has 24 heavy (non-hydrogen) atoms. The molecule has 1 heterocycles. The maximum absolute atomic E-state index is 13.5. The summed E-state index contributed by atoms with van der Waals surface area (Å²) in [4.78, 5) is 36.9. The molecule has 130 valence electrons. The van der Waals surface area contributed by atoms with Crippen molar-refractivity contribution in [1.82, 2.24) is 15.5 Å². The zero-order chi connectivity index (χ0) is 17.9. The van der Waals surface area contributed by atoms with Crippen molar-refractivity contribution in [2.45, 2.75) is 25.9 Å². The summed E-state index contributed by atoms with van der Waals surface area (Å²) in [5, 5.41) is 5.07. The average molecular weight is 337 g/mol. The fourth-order valence-electron chi connectivity index (χ4n) is 2.42. The zero-order valence-corrected chi connectivity index (χ0v) is 13.8. The third kappa shape index (κ3) is 3.70. The molecule has 1 aliphatic heterocycles. The summed E-state index contributed by atoms with van der Waals surface area (Å²) in [6.07, 6.45) is 0. The second-order valence-electron chi connectivity index (χ2n) is 5.95. The number of halogens is 1. The van der Waals surface area contributed by atoms with Gasteiger partial charge in [-0.15, -0.1) is 0 Å². The largest absolute Gasteiger partial charge is 0.382 e. The first-order chi connectivity index (χ1) is 11.3. The number of benzene rings is 1. The van der Waals surface area contributed by atoms with Crippen LogP contribution in [0, 0.1) is 12.7 Å². The predicted molar refractivity (Wildman–Crippen MR) is 83.5 cm³/mol. The zero-order valence-electron chi connectivity index (χ0n) is 13.8. The normalized spacial score (nSPS) is 20.2. The monoisotopic (exact) mass is 337 g/mol. The number of urea groups is 1. The van der Waals surface area contributed by atoms with Crippen LogP contribution < -0.4 is 10.6 Å². The third-order valence-corrected chi connectivity index (χ3v) is 3.81. The Labute approximate surface area is 139 Å². The number of hydrogen-bond donors (Lipinski definition) is 2. The van der Waals surface area contributed by atoms with Gasteiger partial charge in [-0.1, -0.05) is 12.1 Å². The second-order valence-corrected chi connectivity index (χ2v) is 5.95. The number of carbonyl (C=O) groups excluding carboxylic acids is 3. The van der Waals surface area contributed by atoms with Crippen LogP contribution in [0.5, 0.6) is 0 Å². The van der Waals surface area contributed by atoms with E-state index in [4.69, 9.17) is 4.74 Å². The summed E-state index contributed by atoms with van der Waals surface area (Å²) in [6.45, 7) is 2.89. The van der Waals surface area contributed by atoms with Gasteiger partial charge in [0, 0.05) is 13.7 Å². The molecule has 0 bridgehead atoms. The number of nitrogens with one attached hydrogen (secondary N) is 2. The predicted octanol–water partition coefficient (Wildman–Crippen LogP) is 0.707. The summed E-state index contributed by atoms with van der Waals surface area (Å²) in [5.74, 6) is -1.39. The lowest BCUT2D eigenvalue weighted by Gasteiger charge is -2.20. The van der Waals surface area contributed by atoms with Gasteiger partial charge in [0.15, 0.2) is 0 Å². The number of hydrogen-bond acceptors (Lipinski definition) is 4. The van der Waals surface area contributed by atoms with Crippen molar-refractivity contribution in [2.24, 2.45) is 0 Å². The number of methoxy groups -OCH3 is 1. The first-order valence-electron chi connectivity index (χ1n) is 7.41. The maximum atomic E-state index is 13.5. The molecule has 1 aromatic carbocycles. The molecule has 1 fully saturated rings. The van der Waals surface area contributed by atoms with Gasteiger partial charge in [-0.2, -0.15) is 0 Å². The molecule has 1 aliphatic rings. The van der Waals surface area contributed by atoms with Crippen LogP contribution in [0.25, 0.3) is 0 Å². The fraction of sp³-hybridized carbons (Fsp3) is 0.438. The van der Waals surface area contributed by atoms with Crippen LogP contribution in [-0.2, 0) is 20.9 Å². The highest BCUT2D eigenvalue weighted by molar-refractivity contribution is 6.08. The van der Waals surface area contributed by atoms with E-state index in [0.29, 0.717) is 11.1 Å². The lowest BCUT2D eigenvalue weighted by Crippen LogP contribution is -2.48. The van der Waals surface area contributed by atoms with Gasteiger partial charge in [-0.05, 0) is 31.0 Å². The minimum Gasteiger partial charge on any atom is -0.382 e. The van der Waals surface area contributed by atoms with Crippen molar-refractivity contribution < 1.29 is 23.5 Å². The molecule has 0 radical (unpaired) electrons. The van der Waals surface area contributed by atoms with Gasteiger partial charge in [0.2, 0.25) is 5.91 Å².